The number of nitrogens with one attached hydrogen (secondary N) is 1. The molecule has 0 aliphatic heterocycles. The molecule has 0 fully saturated rings. The lowest BCUT2D eigenvalue weighted by Gasteiger charge is -2.18. The summed E-state index contributed by atoms with van der Waals surface area (Å²) in [6, 6.07) is 10.5. The Labute approximate surface area is 195 Å². The minimum absolute atomic E-state index is 0.0307. The van der Waals surface area contributed by atoms with Crippen LogP contribution in [0.2, 0.25) is 0 Å². The Morgan fingerprint density at radius 3 is 2.39 bits per heavy atom. The minimum Gasteiger partial charge on any atom is -0.497 e. The zero-order chi connectivity index (χ0) is 24.0. The molecule has 1 aromatic heterocycles. The molecule has 0 radical (unpaired) electrons. The first-order valence-electron chi connectivity index (χ1n) is 10.4. The van der Waals surface area contributed by atoms with Crippen molar-refractivity contribution in [1.82, 2.24) is 14.8 Å². The number of benzene rings is 2. The maximum atomic E-state index is 13.4. The van der Waals surface area contributed by atoms with Crippen LogP contribution in [-0.4, -0.2) is 33.5 Å². The van der Waals surface area contributed by atoms with E-state index < -0.39 is 11.6 Å². The number of rotatable bonds is 10. The number of carbonyl (C=O) groups is 1. The van der Waals surface area contributed by atoms with Crippen LogP contribution in [0.3, 0.4) is 0 Å². The van der Waals surface area contributed by atoms with E-state index in [4.69, 9.17) is 9.47 Å². The Morgan fingerprint density at radius 1 is 1.06 bits per heavy atom. The van der Waals surface area contributed by atoms with Crippen LogP contribution in [0.25, 0.3) is 0 Å². The Kier molecular flexibility index (Phi) is 8.26. The third-order valence-corrected chi connectivity index (χ3v) is 5.53. The van der Waals surface area contributed by atoms with Crippen LogP contribution >= 0.6 is 11.8 Å². The van der Waals surface area contributed by atoms with E-state index in [2.05, 4.69) is 29.4 Å². The Morgan fingerprint density at radius 2 is 1.76 bits per heavy atom. The predicted octanol–water partition coefficient (Wildman–Crippen LogP) is 5.09. The zero-order valence-corrected chi connectivity index (χ0v) is 19.7. The second kappa shape index (κ2) is 11.1. The Hall–Kier alpha value is -3.14. The van der Waals surface area contributed by atoms with Gasteiger partial charge in [-0.05, 0) is 49.2 Å². The van der Waals surface area contributed by atoms with E-state index in [1.165, 1.54) is 17.8 Å². The summed E-state index contributed by atoms with van der Waals surface area (Å²) >= 11 is 1.21. The first-order chi connectivity index (χ1) is 15.8. The molecule has 0 spiro atoms. The first kappa shape index (κ1) is 24.5. The quantitative estimate of drug-likeness (QED) is 0.411. The molecule has 1 amide bonds. The summed E-state index contributed by atoms with van der Waals surface area (Å²) in [6.07, 6.45) is -0.380. The van der Waals surface area contributed by atoms with E-state index in [0.29, 0.717) is 29.2 Å². The third-order valence-electron chi connectivity index (χ3n) is 4.56. The summed E-state index contributed by atoms with van der Waals surface area (Å²) in [5, 5.41) is 11.7. The van der Waals surface area contributed by atoms with Crippen LogP contribution in [0.15, 0.2) is 47.6 Å². The topological polar surface area (TPSA) is 78.3 Å². The predicted molar refractivity (Wildman–Crippen MR) is 123 cm³/mol. The van der Waals surface area contributed by atoms with Crippen LogP contribution in [0.5, 0.6) is 11.5 Å². The molecule has 0 aliphatic rings. The molecule has 3 aromatic rings. The van der Waals surface area contributed by atoms with Crippen LogP contribution in [-0.2, 0) is 11.3 Å². The van der Waals surface area contributed by atoms with Gasteiger partial charge in [0.15, 0.2) is 28.7 Å². The number of methoxy groups -OCH3 is 1. The molecule has 0 saturated carbocycles. The smallest absolute Gasteiger partial charge is 0.234 e. The highest BCUT2D eigenvalue weighted by molar-refractivity contribution is 7.99. The lowest BCUT2D eigenvalue weighted by molar-refractivity contribution is -0.113. The van der Waals surface area contributed by atoms with Gasteiger partial charge in [0, 0.05) is 18.3 Å². The SMILES string of the molecule is COc1ccc(OC(C)c2nnc(SCC(=O)Nc3ccc(F)c(F)c3)n2CC(C)C)cc1. The van der Waals surface area contributed by atoms with Crippen LogP contribution < -0.4 is 14.8 Å². The third kappa shape index (κ3) is 6.67. The fraction of sp³-hybridized carbons (Fsp3) is 0.348. The molecule has 33 heavy (non-hydrogen) atoms. The molecule has 1 atom stereocenters. The van der Waals surface area contributed by atoms with Crippen molar-refractivity contribution in [2.24, 2.45) is 5.92 Å². The van der Waals surface area contributed by atoms with Gasteiger partial charge in [-0.3, -0.25) is 4.79 Å². The van der Waals surface area contributed by atoms with Crippen molar-refractivity contribution in [3.63, 3.8) is 0 Å². The number of hydrogen-bond acceptors (Lipinski definition) is 6. The summed E-state index contributed by atoms with van der Waals surface area (Å²) in [4.78, 5) is 12.3. The van der Waals surface area contributed by atoms with E-state index >= 15 is 0 Å². The Balaban J connectivity index is 1.68. The maximum absolute atomic E-state index is 13.4. The molecule has 176 valence electrons. The number of anilines is 1. The molecule has 0 aliphatic carbocycles. The lowest BCUT2D eigenvalue weighted by Crippen LogP contribution is -2.17. The largest absolute Gasteiger partial charge is 0.497 e. The van der Waals surface area contributed by atoms with Gasteiger partial charge in [0.1, 0.15) is 11.5 Å². The van der Waals surface area contributed by atoms with Crippen LogP contribution in [0.1, 0.15) is 32.7 Å². The first-order valence-corrected chi connectivity index (χ1v) is 11.4. The van der Waals surface area contributed by atoms with Gasteiger partial charge in [0.2, 0.25) is 5.91 Å². The molecular formula is C23H26F2N4O3S. The molecule has 7 nitrogen and oxygen atoms in total. The molecule has 3 rings (SSSR count). The molecular weight excluding hydrogens is 450 g/mol. The number of aromatic nitrogens is 3. The van der Waals surface area contributed by atoms with E-state index in [0.717, 1.165) is 17.9 Å². The number of halogens is 2. The Bertz CT molecular complexity index is 1090. The number of nitrogens with zero attached hydrogens (tertiary/aromatic N) is 3. The van der Waals surface area contributed by atoms with Gasteiger partial charge in [-0.25, -0.2) is 8.78 Å². The number of ether oxygens (including phenoxy) is 2. The average molecular weight is 477 g/mol. The van der Waals surface area contributed by atoms with Gasteiger partial charge in [-0.15, -0.1) is 10.2 Å². The maximum Gasteiger partial charge on any atom is 0.234 e. The lowest BCUT2D eigenvalue weighted by atomic mass is 10.2. The molecule has 2 aromatic carbocycles. The second-order valence-corrected chi connectivity index (χ2v) is 8.69. The monoisotopic (exact) mass is 476 g/mol. The highest BCUT2D eigenvalue weighted by Gasteiger charge is 2.21. The van der Waals surface area contributed by atoms with Gasteiger partial charge < -0.3 is 19.4 Å². The van der Waals surface area contributed by atoms with Gasteiger partial charge in [0.05, 0.1) is 12.9 Å². The van der Waals surface area contributed by atoms with Crippen molar-refractivity contribution < 1.29 is 23.0 Å². The summed E-state index contributed by atoms with van der Waals surface area (Å²) < 4.78 is 39.6. The molecule has 0 bridgehead atoms. The van der Waals surface area contributed by atoms with Crippen molar-refractivity contribution in [1.29, 1.82) is 0 Å². The molecule has 1 heterocycles. The van der Waals surface area contributed by atoms with Crippen molar-refractivity contribution in [3.05, 3.63) is 59.9 Å². The second-order valence-electron chi connectivity index (χ2n) is 7.75. The summed E-state index contributed by atoms with van der Waals surface area (Å²) in [7, 11) is 1.60. The molecule has 0 saturated heterocycles. The molecule has 10 heteroatoms. The van der Waals surface area contributed by atoms with Crippen LogP contribution in [0, 0.1) is 17.6 Å². The number of hydrogen-bond donors (Lipinski definition) is 1. The number of carbonyl (C=O) groups excluding carboxylic acids is 1. The zero-order valence-electron chi connectivity index (χ0n) is 18.8. The summed E-state index contributed by atoms with van der Waals surface area (Å²) in [5.41, 5.74) is 0.186. The fourth-order valence-corrected chi connectivity index (χ4v) is 3.81. The van der Waals surface area contributed by atoms with E-state index in [1.54, 1.807) is 7.11 Å². The van der Waals surface area contributed by atoms with Gasteiger partial charge in [-0.1, -0.05) is 25.6 Å². The van der Waals surface area contributed by atoms with Crippen molar-refractivity contribution in [2.45, 2.75) is 38.6 Å². The van der Waals surface area contributed by atoms with Crippen molar-refractivity contribution >= 4 is 23.4 Å². The van der Waals surface area contributed by atoms with E-state index in [1.807, 2.05) is 35.8 Å². The fourth-order valence-electron chi connectivity index (χ4n) is 3.06. The average Bonchev–Trinajstić information content (AvgIpc) is 3.17. The van der Waals surface area contributed by atoms with Crippen LogP contribution in [0.4, 0.5) is 14.5 Å². The normalized spacial score (nSPS) is 12.0. The van der Waals surface area contributed by atoms with Gasteiger partial charge in [-0.2, -0.15) is 0 Å². The van der Waals surface area contributed by atoms with E-state index in [-0.39, 0.29) is 23.5 Å². The van der Waals surface area contributed by atoms with Crippen molar-refractivity contribution in [3.8, 4) is 11.5 Å². The standard InChI is InChI=1S/C23H26F2N4O3S/c1-14(2)12-29-22(15(3)32-18-8-6-17(31-4)7-9-18)27-28-23(29)33-13-21(30)26-16-5-10-19(24)20(25)11-16/h5-11,14-15H,12-13H2,1-4H3,(H,26,30). The highest BCUT2D eigenvalue weighted by atomic mass is 32.2. The highest BCUT2D eigenvalue weighted by Crippen LogP contribution is 2.27. The summed E-state index contributed by atoms with van der Waals surface area (Å²) in [5.74, 6) is 0.0276. The van der Waals surface area contributed by atoms with E-state index in [9.17, 15) is 13.6 Å². The minimum atomic E-state index is -1.02. The number of thioether (sulfide) groups is 1. The van der Waals surface area contributed by atoms with Crippen molar-refractivity contribution in [2.75, 3.05) is 18.2 Å². The number of amides is 1. The summed E-state index contributed by atoms with van der Waals surface area (Å²) in [6.45, 7) is 6.67. The molecule has 1 unspecified atom stereocenters. The molecule has 1 N–H and O–H groups in total. The van der Waals surface area contributed by atoms with Gasteiger partial charge in [0.25, 0.3) is 0 Å². The van der Waals surface area contributed by atoms with Gasteiger partial charge >= 0.3 is 0 Å².